The summed E-state index contributed by atoms with van der Waals surface area (Å²) in [5.41, 5.74) is 4.15. The molecule has 0 bridgehead atoms. The number of anilines is 1. The molecule has 2 aromatic rings. The zero-order chi connectivity index (χ0) is 14.2. The Morgan fingerprint density at radius 2 is 1.95 bits per heavy atom. The molecule has 0 unspecified atom stereocenters. The maximum Gasteiger partial charge on any atom is 0.0382 e. The van der Waals surface area contributed by atoms with Crippen LogP contribution in [0.3, 0.4) is 0 Å². The van der Waals surface area contributed by atoms with E-state index in [-0.39, 0.29) is 0 Å². The molecule has 0 amide bonds. The van der Waals surface area contributed by atoms with Crippen LogP contribution >= 0.6 is 15.9 Å². The largest absolute Gasteiger partial charge is 0.381 e. The summed E-state index contributed by atoms with van der Waals surface area (Å²) in [7, 11) is 0. The molecule has 0 saturated carbocycles. The summed E-state index contributed by atoms with van der Waals surface area (Å²) in [6, 6.07) is 17.9. The highest BCUT2D eigenvalue weighted by Crippen LogP contribution is 2.45. The molecular formula is C19H18BrN. The molecule has 2 aliphatic rings. The number of benzene rings is 2. The van der Waals surface area contributed by atoms with E-state index in [1.54, 1.807) is 0 Å². The van der Waals surface area contributed by atoms with Crippen molar-refractivity contribution in [2.75, 3.05) is 5.32 Å². The maximum absolute atomic E-state index is 3.78. The average Bonchev–Trinajstić information content (AvgIpc) is 2.99. The van der Waals surface area contributed by atoms with Crippen molar-refractivity contribution in [1.82, 2.24) is 0 Å². The normalized spacial score (nSPS) is 26.0. The van der Waals surface area contributed by atoms with Crippen LogP contribution in [0.15, 0.2) is 65.2 Å². The number of fused-ring (bicyclic) bond motifs is 3. The lowest BCUT2D eigenvalue weighted by atomic mass is 9.77. The Bertz CT molecular complexity index is 677. The third-order valence-electron chi connectivity index (χ3n) is 4.74. The molecule has 1 N–H and O–H groups in total. The molecule has 0 radical (unpaired) electrons. The lowest BCUT2D eigenvalue weighted by molar-refractivity contribution is 0.413. The van der Waals surface area contributed by atoms with E-state index in [1.165, 1.54) is 27.7 Å². The monoisotopic (exact) mass is 339 g/mol. The number of halogens is 1. The van der Waals surface area contributed by atoms with Crippen LogP contribution in [-0.4, -0.2) is 6.04 Å². The second-order valence-corrected chi connectivity index (χ2v) is 6.94. The molecule has 0 saturated heterocycles. The molecule has 106 valence electrons. The molecule has 0 spiro atoms. The van der Waals surface area contributed by atoms with Gasteiger partial charge in [-0.3, -0.25) is 0 Å². The smallest absolute Gasteiger partial charge is 0.0382 e. The van der Waals surface area contributed by atoms with Crippen molar-refractivity contribution in [2.45, 2.75) is 24.8 Å². The van der Waals surface area contributed by atoms with Crippen LogP contribution in [-0.2, 0) is 6.42 Å². The fourth-order valence-corrected chi connectivity index (χ4v) is 4.12. The number of allylic oxidation sites excluding steroid dienone is 2. The van der Waals surface area contributed by atoms with Gasteiger partial charge in [-0.05, 0) is 48.1 Å². The molecule has 1 aliphatic heterocycles. The van der Waals surface area contributed by atoms with Crippen LogP contribution in [0, 0.1) is 5.92 Å². The first-order valence-corrected chi connectivity index (χ1v) is 8.37. The number of rotatable bonds is 2. The molecule has 21 heavy (non-hydrogen) atoms. The van der Waals surface area contributed by atoms with E-state index in [0.29, 0.717) is 17.9 Å². The van der Waals surface area contributed by atoms with E-state index in [0.717, 1.165) is 6.42 Å². The van der Waals surface area contributed by atoms with Gasteiger partial charge in [-0.1, -0.05) is 58.4 Å². The van der Waals surface area contributed by atoms with Crippen molar-refractivity contribution < 1.29 is 0 Å². The minimum atomic E-state index is 0.515. The van der Waals surface area contributed by atoms with E-state index in [2.05, 4.69) is 81.9 Å². The molecule has 0 fully saturated rings. The van der Waals surface area contributed by atoms with E-state index >= 15 is 0 Å². The van der Waals surface area contributed by atoms with Gasteiger partial charge in [0.2, 0.25) is 0 Å². The van der Waals surface area contributed by atoms with Crippen molar-refractivity contribution in [3.8, 4) is 0 Å². The summed E-state index contributed by atoms with van der Waals surface area (Å²) >= 11 is 3.60. The molecule has 2 aromatic carbocycles. The Balaban J connectivity index is 1.67. The summed E-state index contributed by atoms with van der Waals surface area (Å²) in [6.07, 6.45) is 7.03. The van der Waals surface area contributed by atoms with E-state index in [1.807, 2.05) is 0 Å². The summed E-state index contributed by atoms with van der Waals surface area (Å²) in [5, 5.41) is 3.78. The van der Waals surface area contributed by atoms with Gasteiger partial charge in [0.05, 0.1) is 0 Å². The molecule has 0 aromatic heterocycles. The van der Waals surface area contributed by atoms with Gasteiger partial charge in [-0.15, -0.1) is 0 Å². The SMILES string of the molecule is Brc1ccc2c(c1)[C@H]1C=CC[C@H]1[C@@H](Cc1ccccc1)N2. The molecule has 2 heteroatoms. The minimum Gasteiger partial charge on any atom is -0.381 e. The zero-order valence-electron chi connectivity index (χ0n) is 11.8. The lowest BCUT2D eigenvalue weighted by Crippen LogP contribution is -2.37. The van der Waals surface area contributed by atoms with Gasteiger partial charge in [0.15, 0.2) is 0 Å². The maximum atomic E-state index is 3.78. The standard InChI is InChI=1S/C19H18BrN/c20-14-9-10-18-17(12-14)15-7-4-8-16(15)19(21-18)11-13-5-2-1-3-6-13/h1-7,9-10,12,15-16,19,21H,8,11H2/t15-,16+,19+/m0/s1. The topological polar surface area (TPSA) is 12.0 Å². The van der Waals surface area contributed by atoms with E-state index in [4.69, 9.17) is 0 Å². The highest BCUT2D eigenvalue weighted by molar-refractivity contribution is 9.10. The van der Waals surface area contributed by atoms with Crippen LogP contribution in [0.5, 0.6) is 0 Å². The molecule has 3 atom stereocenters. The first kappa shape index (κ1) is 13.1. The highest BCUT2D eigenvalue weighted by atomic mass is 79.9. The van der Waals surface area contributed by atoms with Crippen LogP contribution in [0.25, 0.3) is 0 Å². The predicted molar refractivity (Wildman–Crippen MR) is 91.7 cm³/mol. The second kappa shape index (κ2) is 5.34. The predicted octanol–water partition coefficient (Wildman–Crippen LogP) is 5.15. The summed E-state index contributed by atoms with van der Waals surface area (Å²) < 4.78 is 1.17. The quantitative estimate of drug-likeness (QED) is 0.746. The highest BCUT2D eigenvalue weighted by Gasteiger charge is 2.36. The molecule has 1 aliphatic carbocycles. The van der Waals surface area contributed by atoms with Gasteiger partial charge < -0.3 is 5.32 Å². The van der Waals surface area contributed by atoms with Crippen molar-refractivity contribution in [2.24, 2.45) is 5.92 Å². The third-order valence-corrected chi connectivity index (χ3v) is 5.24. The average molecular weight is 340 g/mol. The minimum absolute atomic E-state index is 0.515. The molecule has 1 heterocycles. The second-order valence-electron chi connectivity index (χ2n) is 6.03. The zero-order valence-corrected chi connectivity index (χ0v) is 13.4. The summed E-state index contributed by atoms with van der Waals surface area (Å²) in [4.78, 5) is 0. The molecule has 1 nitrogen and oxygen atoms in total. The van der Waals surface area contributed by atoms with E-state index < -0.39 is 0 Å². The first-order valence-electron chi connectivity index (χ1n) is 7.58. The Hall–Kier alpha value is -1.54. The van der Waals surface area contributed by atoms with E-state index in [9.17, 15) is 0 Å². The lowest BCUT2D eigenvalue weighted by Gasteiger charge is -2.37. The third kappa shape index (κ3) is 2.42. The van der Waals surface area contributed by atoms with Gasteiger partial charge in [-0.2, -0.15) is 0 Å². The Morgan fingerprint density at radius 3 is 2.81 bits per heavy atom. The summed E-state index contributed by atoms with van der Waals surface area (Å²) in [5.74, 6) is 1.24. The van der Waals surface area contributed by atoms with Gasteiger partial charge in [0, 0.05) is 22.1 Å². The summed E-state index contributed by atoms with van der Waals surface area (Å²) in [6.45, 7) is 0. The number of hydrogen-bond acceptors (Lipinski definition) is 1. The van der Waals surface area contributed by atoms with Crippen molar-refractivity contribution in [1.29, 1.82) is 0 Å². The first-order chi connectivity index (χ1) is 10.3. The Kier molecular flexibility index (Phi) is 3.34. The number of hydrogen-bond donors (Lipinski definition) is 1. The van der Waals surface area contributed by atoms with Crippen molar-refractivity contribution in [3.05, 3.63) is 76.3 Å². The van der Waals surface area contributed by atoms with Crippen molar-refractivity contribution in [3.63, 3.8) is 0 Å². The Morgan fingerprint density at radius 1 is 1.10 bits per heavy atom. The van der Waals surface area contributed by atoms with Crippen LogP contribution in [0.4, 0.5) is 5.69 Å². The van der Waals surface area contributed by atoms with Crippen LogP contribution < -0.4 is 5.32 Å². The molecule has 4 rings (SSSR count). The number of nitrogens with one attached hydrogen (secondary N) is 1. The van der Waals surface area contributed by atoms with Gasteiger partial charge >= 0.3 is 0 Å². The van der Waals surface area contributed by atoms with Crippen molar-refractivity contribution >= 4 is 21.6 Å². The van der Waals surface area contributed by atoms with Gasteiger partial charge in [0.1, 0.15) is 0 Å². The van der Waals surface area contributed by atoms with Gasteiger partial charge in [0.25, 0.3) is 0 Å². The van der Waals surface area contributed by atoms with Gasteiger partial charge in [-0.25, -0.2) is 0 Å². The van der Waals surface area contributed by atoms with Crippen LogP contribution in [0.1, 0.15) is 23.5 Å². The fourth-order valence-electron chi connectivity index (χ4n) is 3.74. The molecular weight excluding hydrogens is 322 g/mol. The Labute approximate surface area is 134 Å². The van der Waals surface area contributed by atoms with Crippen LogP contribution in [0.2, 0.25) is 0 Å². The fraction of sp³-hybridized carbons (Fsp3) is 0.263.